The van der Waals surface area contributed by atoms with Gasteiger partial charge < -0.3 is 5.73 Å². The van der Waals surface area contributed by atoms with Crippen molar-refractivity contribution in [2.75, 3.05) is 0 Å². The molecule has 0 fully saturated rings. The van der Waals surface area contributed by atoms with E-state index in [1.165, 1.54) is 6.08 Å². The molecule has 0 saturated heterocycles. The predicted molar refractivity (Wildman–Crippen MR) is 52.2 cm³/mol. The highest BCUT2D eigenvalue weighted by Gasteiger charge is 1.96. The molecular weight excluding hydrogens is 188 g/mol. The summed E-state index contributed by atoms with van der Waals surface area (Å²) in [6.45, 7) is 1.81. The number of aryl methyl sites for hydroxylation is 1. The van der Waals surface area contributed by atoms with Crippen LogP contribution in [0, 0.1) is 6.92 Å². The molecule has 4 heteroatoms. The van der Waals surface area contributed by atoms with Gasteiger partial charge in [-0.15, -0.1) is 0 Å². The minimum Gasteiger partial charge on any atom is -0.366 e. The maximum absolute atomic E-state index is 10.4. The van der Waals surface area contributed by atoms with E-state index in [0.29, 0.717) is 5.15 Å². The second-order valence-electron chi connectivity index (χ2n) is 2.54. The Hall–Kier alpha value is -1.35. The summed E-state index contributed by atoms with van der Waals surface area (Å²) < 4.78 is 0. The van der Waals surface area contributed by atoms with E-state index in [9.17, 15) is 4.79 Å². The van der Waals surface area contributed by atoms with Crippen molar-refractivity contribution in [1.29, 1.82) is 0 Å². The first-order valence-corrected chi connectivity index (χ1v) is 4.08. The summed E-state index contributed by atoms with van der Waals surface area (Å²) in [5, 5.41) is 0.439. The van der Waals surface area contributed by atoms with Crippen molar-refractivity contribution in [2.24, 2.45) is 5.73 Å². The van der Waals surface area contributed by atoms with E-state index in [-0.39, 0.29) is 0 Å². The predicted octanol–water partition coefficient (Wildman–Crippen LogP) is 1.54. The highest BCUT2D eigenvalue weighted by molar-refractivity contribution is 6.29. The van der Waals surface area contributed by atoms with Crippen LogP contribution in [0.25, 0.3) is 6.08 Å². The Kier molecular flexibility index (Phi) is 3.03. The van der Waals surface area contributed by atoms with Crippen LogP contribution in [0.15, 0.2) is 18.2 Å². The van der Waals surface area contributed by atoms with Crippen LogP contribution in [0.5, 0.6) is 0 Å². The van der Waals surface area contributed by atoms with Crippen molar-refractivity contribution in [2.45, 2.75) is 6.92 Å². The molecule has 0 aliphatic carbocycles. The zero-order valence-electron chi connectivity index (χ0n) is 7.12. The van der Waals surface area contributed by atoms with Crippen molar-refractivity contribution in [1.82, 2.24) is 4.98 Å². The number of carbonyl (C=O) groups excluding carboxylic acids is 1. The molecule has 68 valence electrons. The fourth-order valence-electron chi connectivity index (χ4n) is 0.889. The maximum atomic E-state index is 10.4. The molecule has 1 amide bonds. The molecular formula is C9H9ClN2O. The monoisotopic (exact) mass is 196 g/mol. The largest absolute Gasteiger partial charge is 0.366 e. The second kappa shape index (κ2) is 4.05. The first kappa shape index (κ1) is 9.74. The quantitative estimate of drug-likeness (QED) is 0.576. The molecule has 1 heterocycles. The maximum Gasteiger partial charge on any atom is 0.241 e. The van der Waals surface area contributed by atoms with Gasteiger partial charge in [-0.3, -0.25) is 4.79 Å². The highest BCUT2D eigenvalue weighted by atomic mass is 35.5. The Morgan fingerprint density at radius 3 is 2.85 bits per heavy atom. The van der Waals surface area contributed by atoms with Crippen molar-refractivity contribution < 1.29 is 4.79 Å². The fourth-order valence-corrected chi connectivity index (χ4v) is 1.08. The van der Waals surface area contributed by atoms with Gasteiger partial charge in [0.05, 0.1) is 0 Å². The molecule has 0 atom stereocenters. The molecule has 0 radical (unpaired) electrons. The van der Waals surface area contributed by atoms with Crippen LogP contribution in [-0.2, 0) is 4.79 Å². The van der Waals surface area contributed by atoms with Gasteiger partial charge in [-0.2, -0.15) is 0 Å². The summed E-state index contributed by atoms with van der Waals surface area (Å²) in [6, 6.07) is 3.44. The third-order valence-corrected chi connectivity index (χ3v) is 1.73. The van der Waals surface area contributed by atoms with Gasteiger partial charge in [-0.1, -0.05) is 17.7 Å². The standard InChI is InChI=1S/C9H9ClN2O/c1-6-7(3-5-9(11)13)2-4-8(10)12-6/h2-5H,1H3,(H2,11,13). The van der Waals surface area contributed by atoms with Gasteiger partial charge >= 0.3 is 0 Å². The van der Waals surface area contributed by atoms with E-state index in [4.69, 9.17) is 17.3 Å². The Morgan fingerprint density at radius 2 is 2.31 bits per heavy atom. The third-order valence-electron chi connectivity index (χ3n) is 1.52. The zero-order chi connectivity index (χ0) is 9.84. The molecule has 0 unspecified atom stereocenters. The number of rotatable bonds is 2. The van der Waals surface area contributed by atoms with Crippen LogP contribution in [0.2, 0.25) is 5.15 Å². The lowest BCUT2D eigenvalue weighted by molar-refractivity contribution is -0.113. The molecule has 0 bridgehead atoms. The fraction of sp³-hybridized carbons (Fsp3) is 0.111. The van der Waals surface area contributed by atoms with E-state index in [1.54, 1.807) is 18.2 Å². The molecule has 0 spiro atoms. The summed E-state index contributed by atoms with van der Waals surface area (Å²) >= 11 is 5.65. The van der Waals surface area contributed by atoms with Gasteiger partial charge in [0.1, 0.15) is 5.15 Å². The van der Waals surface area contributed by atoms with E-state index < -0.39 is 5.91 Å². The lowest BCUT2D eigenvalue weighted by Crippen LogP contribution is -2.05. The summed E-state index contributed by atoms with van der Waals surface area (Å²) in [6.07, 6.45) is 2.90. The summed E-state index contributed by atoms with van der Waals surface area (Å²) in [5.41, 5.74) is 6.55. The van der Waals surface area contributed by atoms with E-state index in [0.717, 1.165) is 11.3 Å². The normalized spacial score (nSPS) is 10.6. The van der Waals surface area contributed by atoms with Crippen molar-refractivity contribution in [3.63, 3.8) is 0 Å². The number of hydrogen-bond acceptors (Lipinski definition) is 2. The number of nitrogens with two attached hydrogens (primary N) is 1. The number of nitrogens with zero attached hydrogens (tertiary/aromatic N) is 1. The summed E-state index contributed by atoms with van der Waals surface area (Å²) in [7, 11) is 0. The Bertz CT molecular complexity index is 361. The first-order valence-electron chi connectivity index (χ1n) is 3.70. The van der Waals surface area contributed by atoms with Gasteiger partial charge in [0.15, 0.2) is 0 Å². The SMILES string of the molecule is Cc1nc(Cl)ccc1C=CC(N)=O. The van der Waals surface area contributed by atoms with E-state index >= 15 is 0 Å². The molecule has 1 aromatic rings. The van der Waals surface area contributed by atoms with E-state index in [1.807, 2.05) is 6.92 Å². The number of halogens is 1. The summed E-state index contributed by atoms with van der Waals surface area (Å²) in [5.74, 6) is -0.477. The molecule has 0 saturated carbocycles. The van der Waals surface area contributed by atoms with Gasteiger partial charge in [-0.25, -0.2) is 4.98 Å². The lowest BCUT2D eigenvalue weighted by atomic mass is 10.2. The molecule has 13 heavy (non-hydrogen) atoms. The molecule has 0 aromatic carbocycles. The number of pyridine rings is 1. The minimum atomic E-state index is -0.477. The molecule has 0 aliphatic rings. The Morgan fingerprint density at radius 1 is 1.62 bits per heavy atom. The van der Waals surface area contributed by atoms with Gasteiger partial charge in [0, 0.05) is 11.8 Å². The third kappa shape index (κ3) is 2.87. The number of aromatic nitrogens is 1. The highest BCUT2D eigenvalue weighted by Crippen LogP contribution is 2.11. The molecule has 1 aromatic heterocycles. The van der Waals surface area contributed by atoms with Crippen molar-refractivity contribution in [3.05, 3.63) is 34.6 Å². The minimum absolute atomic E-state index is 0.439. The Balaban J connectivity index is 2.96. The lowest BCUT2D eigenvalue weighted by Gasteiger charge is -1.98. The van der Waals surface area contributed by atoms with Gasteiger partial charge in [0.2, 0.25) is 5.91 Å². The number of amides is 1. The van der Waals surface area contributed by atoms with Crippen molar-refractivity contribution >= 4 is 23.6 Å². The number of hydrogen-bond donors (Lipinski definition) is 1. The second-order valence-corrected chi connectivity index (χ2v) is 2.93. The van der Waals surface area contributed by atoms with Crippen LogP contribution in [0.4, 0.5) is 0 Å². The topological polar surface area (TPSA) is 56.0 Å². The van der Waals surface area contributed by atoms with Crippen LogP contribution in [-0.4, -0.2) is 10.9 Å². The van der Waals surface area contributed by atoms with Crippen LogP contribution in [0.3, 0.4) is 0 Å². The molecule has 3 nitrogen and oxygen atoms in total. The van der Waals surface area contributed by atoms with Crippen LogP contribution >= 0.6 is 11.6 Å². The smallest absolute Gasteiger partial charge is 0.241 e. The number of carbonyl (C=O) groups is 1. The molecule has 2 N–H and O–H groups in total. The van der Waals surface area contributed by atoms with Crippen LogP contribution < -0.4 is 5.73 Å². The van der Waals surface area contributed by atoms with Crippen LogP contribution in [0.1, 0.15) is 11.3 Å². The van der Waals surface area contributed by atoms with Crippen molar-refractivity contribution in [3.8, 4) is 0 Å². The number of primary amides is 1. The van der Waals surface area contributed by atoms with Gasteiger partial charge in [0.25, 0.3) is 0 Å². The molecule has 0 aliphatic heterocycles. The average Bonchev–Trinajstić information content (AvgIpc) is 2.02. The Labute approximate surface area is 81.2 Å². The summed E-state index contributed by atoms with van der Waals surface area (Å²) in [4.78, 5) is 14.5. The first-order chi connectivity index (χ1) is 6.09. The zero-order valence-corrected chi connectivity index (χ0v) is 7.88. The van der Waals surface area contributed by atoms with Gasteiger partial charge in [-0.05, 0) is 24.6 Å². The average molecular weight is 197 g/mol. The van der Waals surface area contributed by atoms with E-state index in [2.05, 4.69) is 4.98 Å². The molecule has 1 rings (SSSR count).